The summed E-state index contributed by atoms with van der Waals surface area (Å²) in [6.45, 7) is 2.85. The number of aryl methyl sites for hydroxylation is 1. The van der Waals surface area contributed by atoms with E-state index >= 15 is 0 Å². The number of hydrogen-bond acceptors (Lipinski definition) is 6. The summed E-state index contributed by atoms with van der Waals surface area (Å²) in [5, 5.41) is 7.28. The first-order chi connectivity index (χ1) is 19.0. The van der Waals surface area contributed by atoms with Crippen LogP contribution in [0, 0.1) is 5.82 Å². The Labute approximate surface area is 233 Å². The monoisotopic (exact) mass is 565 g/mol. The zero-order valence-corrected chi connectivity index (χ0v) is 23.1. The van der Waals surface area contributed by atoms with Gasteiger partial charge in [0.1, 0.15) is 10.8 Å². The molecule has 0 spiro atoms. The number of esters is 1. The zero-order chi connectivity index (χ0) is 27.4. The van der Waals surface area contributed by atoms with Crippen LogP contribution in [0.2, 0.25) is 0 Å². The van der Waals surface area contributed by atoms with Crippen LogP contribution in [0.1, 0.15) is 44.5 Å². The molecule has 2 aromatic heterocycles. The maximum Gasteiger partial charge on any atom is 0.341 e. The Kier molecular flexibility index (Phi) is 8.33. The molecule has 0 unspecified atom stereocenters. The van der Waals surface area contributed by atoms with Crippen LogP contribution in [-0.4, -0.2) is 41.3 Å². The average Bonchev–Trinajstić information content (AvgIpc) is 3.61. The fraction of sp³-hybridized carbons (Fsp3) is 0.276. The van der Waals surface area contributed by atoms with Gasteiger partial charge >= 0.3 is 5.97 Å². The lowest BCUT2D eigenvalue weighted by Gasteiger charge is -2.08. The van der Waals surface area contributed by atoms with Gasteiger partial charge in [-0.25, -0.2) is 9.18 Å². The number of fused-ring (bicyclic) bond motifs is 2. The number of carbonyl (C=O) groups excluding carboxylic acids is 3. The van der Waals surface area contributed by atoms with Crippen LogP contribution in [-0.2, 0) is 28.9 Å². The zero-order valence-electron chi connectivity index (χ0n) is 21.4. The van der Waals surface area contributed by atoms with Crippen LogP contribution in [0.15, 0.2) is 59.6 Å². The Morgan fingerprint density at radius 3 is 2.72 bits per heavy atom. The molecule has 0 radical (unpaired) electrons. The van der Waals surface area contributed by atoms with Crippen LogP contribution in [0.5, 0.6) is 0 Å². The Hall–Kier alpha value is -3.63. The highest BCUT2D eigenvalue weighted by Gasteiger charge is 2.28. The first-order valence-electron chi connectivity index (χ1n) is 12.8. The van der Waals surface area contributed by atoms with Gasteiger partial charge in [0.15, 0.2) is 0 Å². The summed E-state index contributed by atoms with van der Waals surface area (Å²) in [6, 6.07) is 13.7. The van der Waals surface area contributed by atoms with E-state index in [2.05, 4.69) is 10.6 Å². The van der Waals surface area contributed by atoms with Crippen molar-refractivity contribution in [3.63, 3.8) is 0 Å². The first-order valence-corrected chi connectivity index (χ1v) is 14.6. The number of rotatable bonds is 10. The van der Waals surface area contributed by atoms with E-state index in [0.717, 1.165) is 45.5 Å². The number of anilines is 1. The van der Waals surface area contributed by atoms with Gasteiger partial charge in [0.25, 0.3) is 5.91 Å². The lowest BCUT2D eigenvalue weighted by atomic mass is 10.1. The number of amides is 2. The van der Waals surface area contributed by atoms with Gasteiger partial charge in [-0.15, -0.1) is 23.1 Å². The lowest BCUT2D eigenvalue weighted by Crippen LogP contribution is -2.27. The summed E-state index contributed by atoms with van der Waals surface area (Å²) in [6.07, 6.45) is 4.71. The third-order valence-electron chi connectivity index (χ3n) is 6.52. The number of hydrogen-bond donors (Lipinski definition) is 2. The van der Waals surface area contributed by atoms with E-state index in [1.54, 1.807) is 19.1 Å². The Balaban J connectivity index is 1.24. The summed E-state index contributed by atoms with van der Waals surface area (Å²) >= 11 is 2.88. The minimum Gasteiger partial charge on any atom is -0.462 e. The van der Waals surface area contributed by atoms with Gasteiger partial charge in [-0.1, -0.05) is 30.3 Å². The van der Waals surface area contributed by atoms with Gasteiger partial charge in [0.05, 0.1) is 23.5 Å². The van der Waals surface area contributed by atoms with Crippen molar-refractivity contribution in [1.82, 2.24) is 9.88 Å². The number of carbonyl (C=O) groups is 3. The van der Waals surface area contributed by atoms with Gasteiger partial charge in [-0.05, 0) is 49.9 Å². The van der Waals surface area contributed by atoms with Crippen molar-refractivity contribution in [3.05, 3.63) is 82.1 Å². The van der Waals surface area contributed by atoms with Crippen molar-refractivity contribution < 1.29 is 23.5 Å². The summed E-state index contributed by atoms with van der Waals surface area (Å²) in [4.78, 5) is 40.0. The van der Waals surface area contributed by atoms with Gasteiger partial charge in [-0.2, -0.15) is 0 Å². The lowest BCUT2D eigenvalue weighted by molar-refractivity contribution is -0.113. The first kappa shape index (κ1) is 27.0. The van der Waals surface area contributed by atoms with E-state index in [1.807, 2.05) is 35.0 Å². The highest BCUT2D eigenvalue weighted by Crippen LogP contribution is 2.40. The van der Waals surface area contributed by atoms with Crippen molar-refractivity contribution in [2.45, 2.75) is 37.6 Å². The third-order valence-corrected chi connectivity index (χ3v) is 8.77. The van der Waals surface area contributed by atoms with Crippen LogP contribution in [0.4, 0.5) is 9.39 Å². The van der Waals surface area contributed by atoms with E-state index in [9.17, 15) is 18.8 Å². The molecule has 0 saturated carbocycles. The number of thioether (sulfide) groups is 1. The van der Waals surface area contributed by atoms with Crippen molar-refractivity contribution >= 4 is 56.8 Å². The number of ether oxygens (including phenoxy) is 1. The largest absolute Gasteiger partial charge is 0.462 e. The molecule has 2 aromatic carbocycles. The molecule has 1 aliphatic rings. The molecule has 2 amide bonds. The topological polar surface area (TPSA) is 89.4 Å². The molecule has 5 rings (SSSR count). The number of nitrogens with one attached hydrogen (secondary N) is 2. The smallest absolute Gasteiger partial charge is 0.341 e. The van der Waals surface area contributed by atoms with Crippen LogP contribution >= 0.6 is 23.1 Å². The van der Waals surface area contributed by atoms with Gasteiger partial charge in [-0.3, -0.25) is 9.59 Å². The molecule has 4 aromatic rings. The third kappa shape index (κ3) is 5.86. The van der Waals surface area contributed by atoms with Crippen LogP contribution in [0.25, 0.3) is 10.9 Å². The normalized spacial score (nSPS) is 12.4. The molecular formula is C29H28FN3O4S2. The van der Waals surface area contributed by atoms with E-state index in [4.69, 9.17) is 4.74 Å². The number of benzene rings is 2. The van der Waals surface area contributed by atoms with E-state index in [1.165, 1.54) is 35.2 Å². The Bertz CT molecular complexity index is 1540. The molecule has 39 heavy (non-hydrogen) atoms. The van der Waals surface area contributed by atoms with Crippen molar-refractivity contribution in [3.8, 4) is 0 Å². The summed E-state index contributed by atoms with van der Waals surface area (Å²) in [5.74, 6) is -1.43. The number of thiophene rings is 1. The molecule has 1 aliphatic carbocycles. The molecule has 202 valence electrons. The molecule has 0 bridgehead atoms. The minimum absolute atomic E-state index is 0.0132. The summed E-state index contributed by atoms with van der Waals surface area (Å²) < 4.78 is 21.2. The van der Waals surface area contributed by atoms with Crippen LogP contribution in [0.3, 0.4) is 0 Å². The quantitative estimate of drug-likeness (QED) is 0.191. The maximum atomic E-state index is 13.9. The van der Waals surface area contributed by atoms with E-state index in [-0.39, 0.29) is 29.8 Å². The molecule has 10 heteroatoms. The molecule has 0 aliphatic heterocycles. The van der Waals surface area contributed by atoms with Crippen molar-refractivity contribution in [1.29, 1.82) is 0 Å². The van der Waals surface area contributed by atoms with E-state index < -0.39 is 11.7 Å². The number of para-hydroxylation sites is 1. The standard InChI is InChI=1S/C29H28FN3O4S2/c1-2-37-29(36)26-20-10-7-13-23(20)39-28(26)32-25(34)17-38-24-16-33(22-12-6-4-9-19(22)24)15-14-31-27(35)18-8-3-5-11-21(18)30/h3-6,8-9,11-12,16H,2,7,10,13-15,17H2,1H3,(H,31,35)(H,32,34). The molecular weight excluding hydrogens is 537 g/mol. The second-order valence-electron chi connectivity index (χ2n) is 9.06. The molecule has 0 saturated heterocycles. The predicted octanol–water partition coefficient (Wildman–Crippen LogP) is 5.67. The fourth-order valence-corrected chi connectivity index (χ4v) is 6.94. The average molecular weight is 566 g/mol. The maximum absolute atomic E-state index is 13.9. The Morgan fingerprint density at radius 1 is 1.10 bits per heavy atom. The second kappa shape index (κ2) is 12.0. The predicted molar refractivity (Wildman–Crippen MR) is 152 cm³/mol. The molecule has 0 atom stereocenters. The van der Waals surface area contributed by atoms with Gasteiger partial charge < -0.3 is 19.9 Å². The number of nitrogens with zero attached hydrogens (tertiary/aromatic N) is 1. The van der Waals surface area contributed by atoms with Gasteiger partial charge in [0, 0.05) is 40.0 Å². The number of halogens is 1. The fourth-order valence-electron chi connectivity index (χ4n) is 4.76. The van der Waals surface area contributed by atoms with Crippen molar-refractivity contribution in [2.75, 3.05) is 24.2 Å². The molecule has 2 heterocycles. The molecule has 7 nitrogen and oxygen atoms in total. The summed E-state index contributed by atoms with van der Waals surface area (Å²) in [5.41, 5.74) is 2.49. The highest BCUT2D eigenvalue weighted by molar-refractivity contribution is 8.00. The van der Waals surface area contributed by atoms with Gasteiger partial charge in [0.2, 0.25) is 5.91 Å². The minimum atomic E-state index is -0.556. The highest BCUT2D eigenvalue weighted by atomic mass is 32.2. The molecule has 2 N–H and O–H groups in total. The SMILES string of the molecule is CCOC(=O)c1c(NC(=O)CSc2cn(CCNC(=O)c3ccccc3F)c3ccccc23)sc2c1CCC2. The second-order valence-corrected chi connectivity index (χ2v) is 11.2. The van der Waals surface area contributed by atoms with Crippen molar-refractivity contribution in [2.24, 2.45) is 0 Å². The number of aromatic nitrogens is 1. The summed E-state index contributed by atoms with van der Waals surface area (Å²) in [7, 11) is 0. The molecule has 0 fully saturated rings. The Morgan fingerprint density at radius 2 is 1.90 bits per heavy atom. The van der Waals surface area contributed by atoms with Crippen LogP contribution < -0.4 is 10.6 Å². The van der Waals surface area contributed by atoms with E-state index in [0.29, 0.717) is 23.7 Å².